The summed E-state index contributed by atoms with van der Waals surface area (Å²) in [6.07, 6.45) is 0. The maximum Gasteiger partial charge on any atom is 0.329 e. The van der Waals surface area contributed by atoms with Crippen LogP contribution in [-0.4, -0.2) is 21.4 Å². The summed E-state index contributed by atoms with van der Waals surface area (Å²) in [5, 5.41) is 2.28. The standard InChI is InChI=1S/C9H13N5O4/c1-4(15)10-6-7(13-12-5(2)16)11-9(18)14(3)8(6)17/h13H,1-3H3,(H,10,15)(H,11,18)(H,12,16). The second kappa shape index (κ2) is 5.17. The first kappa shape index (κ1) is 13.5. The fourth-order valence-corrected chi connectivity index (χ4v) is 1.16. The first-order valence-corrected chi connectivity index (χ1v) is 4.96. The molecular weight excluding hydrogens is 242 g/mol. The average Bonchev–Trinajstić information content (AvgIpc) is 2.27. The number of hydrazine groups is 1. The number of nitrogens with zero attached hydrogens (tertiary/aromatic N) is 1. The van der Waals surface area contributed by atoms with Gasteiger partial charge in [-0.1, -0.05) is 0 Å². The van der Waals surface area contributed by atoms with Crippen molar-refractivity contribution < 1.29 is 9.59 Å². The van der Waals surface area contributed by atoms with Crippen LogP contribution >= 0.6 is 0 Å². The molecule has 0 aliphatic heterocycles. The number of amides is 2. The first-order chi connectivity index (χ1) is 8.32. The van der Waals surface area contributed by atoms with E-state index < -0.39 is 23.1 Å². The molecule has 0 aromatic carbocycles. The van der Waals surface area contributed by atoms with Crippen molar-refractivity contribution in [2.75, 3.05) is 10.7 Å². The number of aromatic nitrogens is 2. The van der Waals surface area contributed by atoms with Gasteiger partial charge in [0, 0.05) is 20.9 Å². The van der Waals surface area contributed by atoms with Gasteiger partial charge in [-0.15, -0.1) is 0 Å². The fraction of sp³-hybridized carbons (Fsp3) is 0.333. The van der Waals surface area contributed by atoms with Crippen LogP contribution < -0.4 is 27.4 Å². The summed E-state index contributed by atoms with van der Waals surface area (Å²) < 4.78 is 0.796. The van der Waals surface area contributed by atoms with Gasteiger partial charge >= 0.3 is 5.69 Å². The Morgan fingerprint density at radius 3 is 2.28 bits per heavy atom. The van der Waals surface area contributed by atoms with Crippen molar-refractivity contribution >= 4 is 23.3 Å². The van der Waals surface area contributed by atoms with Gasteiger partial charge in [0.05, 0.1) is 0 Å². The molecule has 18 heavy (non-hydrogen) atoms. The Morgan fingerprint density at radius 2 is 1.78 bits per heavy atom. The second-order valence-corrected chi connectivity index (χ2v) is 3.53. The quantitative estimate of drug-likeness (QED) is 0.489. The number of hydrogen-bond acceptors (Lipinski definition) is 5. The average molecular weight is 255 g/mol. The molecular formula is C9H13N5O4. The zero-order chi connectivity index (χ0) is 13.9. The Balaban J connectivity index is 3.29. The first-order valence-electron chi connectivity index (χ1n) is 4.96. The van der Waals surface area contributed by atoms with E-state index in [1.165, 1.54) is 20.9 Å². The molecule has 9 nitrogen and oxygen atoms in total. The molecule has 0 aliphatic rings. The number of carbonyl (C=O) groups is 2. The predicted molar refractivity (Wildman–Crippen MR) is 64.0 cm³/mol. The molecule has 1 aromatic rings. The molecule has 1 aromatic heterocycles. The summed E-state index contributed by atoms with van der Waals surface area (Å²) >= 11 is 0. The van der Waals surface area contributed by atoms with Gasteiger partial charge in [0.1, 0.15) is 5.69 Å². The minimum absolute atomic E-state index is 0.0894. The molecule has 0 spiro atoms. The Hall–Kier alpha value is -2.58. The zero-order valence-corrected chi connectivity index (χ0v) is 10.1. The third-order valence-corrected chi connectivity index (χ3v) is 1.97. The minimum atomic E-state index is -0.693. The van der Waals surface area contributed by atoms with Gasteiger partial charge in [0.25, 0.3) is 5.56 Å². The van der Waals surface area contributed by atoms with E-state index in [1.54, 1.807) is 0 Å². The lowest BCUT2D eigenvalue weighted by Crippen LogP contribution is -2.38. The molecule has 0 unspecified atom stereocenters. The van der Waals surface area contributed by atoms with Gasteiger partial charge in [-0.25, -0.2) is 4.79 Å². The third-order valence-electron chi connectivity index (χ3n) is 1.97. The summed E-state index contributed by atoms with van der Waals surface area (Å²) in [6.45, 7) is 2.46. The SMILES string of the molecule is CC(=O)NNc1[nH]c(=O)n(C)c(=O)c1NC(C)=O. The van der Waals surface area contributed by atoms with Crippen LogP contribution in [0.4, 0.5) is 11.5 Å². The lowest BCUT2D eigenvalue weighted by atomic mass is 10.4. The van der Waals surface area contributed by atoms with E-state index >= 15 is 0 Å². The van der Waals surface area contributed by atoms with Crippen molar-refractivity contribution in [3.8, 4) is 0 Å². The van der Waals surface area contributed by atoms with Crippen LogP contribution in [0.2, 0.25) is 0 Å². The van der Waals surface area contributed by atoms with Crippen molar-refractivity contribution in [2.24, 2.45) is 7.05 Å². The topological polar surface area (TPSA) is 125 Å². The van der Waals surface area contributed by atoms with E-state index in [0.29, 0.717) is 0 Å². The van der Waals surface area contributed by atoms with Gasteiger partial charge in [0.2, 0.25) is 11.8 Å². The fourth-order valence-electron chi connectivity index (χ4n) is 1.16. The highest BCUT2D eigenvalue weighted by Crippen LogP contribution is 2.09. The Kier molecular flexibility index (Phi) is 3.87. The third kappa shape index (κ3) is 2.97. The second-order valence-electron chi connectivity index (χ2n) is 3.53. The molecule has 0 saturated heterocycles. The van der Waals surface area contributed by atoms with Crippen molar-refractivity contribution in [3.05, 3.63) is 20.8 Å². The van der Waals surface area contributed by atoms with Crippen LogP contribution in [0, 0.1) is 0 Å². The van der Waals surface area contributed by atoms with Gasteiger partial charge in [-0.3, -0.25) is 34.8 Å². The van der Waals surface area contributed by atoms with Crippen LogP contribution in [0.1, 0.15) is 13.8 Å². The van der Waals surface area contributed by atoms with Gasteiger partial charge < -0.3 is 5.32 Å². The lowest BCUT2D eigenvalue weighted by Gasteiger charge is -2.12. The van der Waals surface area contributed by atoms with Crippen LogP contribution in [0.3, 0.4) is 0 Å². The number of hydrogen-bond donors (Lipinski definition) is 4. The van der Waals surface area contributed by atoms with Crippen LogP contribution in [0.5, 0.6) is 0 Å². The van der Waals surface area contributed by atoms with E-state index in [-0.39, 0.29) is 11.5 Å². The molecule has 2 amide bonds. The van der Waals surface area contributed by atoms with Crippen LogP contribution in [-0.2, 0) is 16.6 Å². The molecule has 0 fully saturated rings. The molecule has 98 valence electrons. The van der Waals surface area contributed by atoms with Gasteiger partial charge in [0.15, 0.2) is 5.82 Å². The molecule has 0 bridgehead atoms. The van der Waals surface area contributed by atoms with E-state index in [1.807, 2.05) is 0 Å². The van der Waals surface area contributed by atoms with E-state index in [9.17, 15) is 19.2 Å². The number of rotatable bonds is 3. The normalized spacial score (nSPS) is 9.72. The van der Waals surface area contributed by atoms with Crippen molar-refractivity contribution in [2.45, 2.75) is 13.8 Å². The Bertz CT molecular complexity index is 600. The number of carbonyl (C=O) groups excluding carboxylic acids is 2. The highest BCUT2D eigenvalue weighted by molar-refractivity contribution is 5.91. The highest BCUT2D eigenvalue weighted by Gasteiger charge is 2.13. The largest absolute Gasteiger partial charge is 0.329 e. The van der Waals surface area contributed by atoms with Crippen LogP contribution in [0.15, 0.2) is 9.59 Å². The summed E-state index contributed by atoms with van der Waals surface area (Å²) in [5.41, 5.74) is 3.01. The summed E-state index contributed by atoms with van der Waals surface area (Å²) in [7, 11) is 1.26. The van der Waals surface area contributed by atoms with Crippen LogP contribution in [0.25, 0.3) is 0 Å². The maximum atomic E-state index is 11.8. The van der Waals surface area contributed by atoms with Crippen molar-refractivity contribution in [3.63, 3.8) is 0 Å². The number of anilines is 2. The van der Waals surface area contributed by atoms with Crippen molar-refractivity contribution in [1.82, 2.24) is 15.0 Å². The highest BCUT2D eigenvalue weighted by atomic mass is 16.2. The predicted octanol–water partition coefficient (Wildman–Crippen LogP) is -1.51. The van der Waals surface area contributed by atoms with E-state index in [0.717, 1.165) is 4.57 Å². The minimum Gasteiger partial charge on any atom is -0.319 e. The number of H-pyrrole nitrogens is 1. The van der Waals surface area contributed by atoms with E-state index in [4.69, 9.17) is 0 Å². The molecule has 1 rings (SSSR count). The molecule has 1 heterocycles. The summed E-state index contributed by atoms with van der Waals surface area (Å²) in [5.74, 6) is -0.996. The van der Waals surface area contributed by atoms with E-state index in [2.05, 4.69) is 21.2 Å². The summed E-state index contributed by atoms with van der Waals surface area (Å²) in [4.78, 5) is 47.2. The molecule has 0 saturated carbocycles. The molecule has 0 radical (unpaired) electrons. The number of nitrogens with one attached hydrogen (secondary N) is 4. The number of aromatic amines is 1. The van der Waals surface area contributed by atoms with Gasteiger partial charge in [-0.05, 0) is 0 Å². The lowest BCUT2D eigenvalue weighted by molar-refractivity contribution is -0.118. The molecule has 0 atom stereocenters. The molecule has 0 aliphatic carbocycles. The molecule has 9 heteroatoms. The summed E-state index contributed by atoms with van der Waals surface area (Å²) in [6, 6.07) is 0. The van der Waals surface area contributed by atoms with Gasteiger partial charge in [-0.2, -0.15) is 0 Å². The zero-order valence-electron chi connectivity index (χ0n) is 10.1. The smallest absolute Gasteiger partial charge is 0.319 e. The van der Waals surface area contributed by atoms with Crippen molar-refractivity contribution in [1.29, 1.82) is 0 Å². The molecule has 4 N–H and O–H groups in total. The Labute approximate surface area is 101 Å². The Morgan fingerprint density at radius 1 is 1.17 bits per heavy atom. The maximum absolute atomic E-state index is 11.8. The monoisotopic (exact) mass is 255 g/mol.